The summed E-state index contributed by atoms with van der Waals surface area (Å²) in [6, 6.07) is 16.3. The normalized spacial score (nSPS) is 13.9. The Morgan fingerprint density at radius 3 is 2.19 bits per heavy atom. The second kappa shape index (κ2) is 8.00. The molecule has 31 heavy (non-hydrogen) atoms. The van der Waals surface area contributed by atoms with E-state index in [0.29, 0.717) is 22.0 Å². The van der Waals surface area contributed by atoms with Crippen LogP contribution in [-0.4, -0.2) is 11.8 Å². The molecule has 0 aliphatic carbocycles. The highest BCUT2D eigenvalue weighted by molar-refractivity contribution is 6.46. The summed E-state index contributed by atoms with van der Waals surface area (Å²) in [6.07, 6.45) is 0. The third kappa shape index (κ3) is 3.84. The first-order valence-corrected chi connectivity index (χ1v) is 10.1. The number of hydrogen-bond acceptors (Lipinski definition) is 3. The molecule has 3 aromatic carbocycles. The number of halogens is 2. The van der Waals surface area contributed by atoms with E-state index in [0.717, 1.165) is 16.7 Å². The van der Waals surface area contributed by atoms with E-state index < -0.39 is 17.6 Å². The smallest absolute Gasteiger partial charge is 0.282 e. The van der Waals surface area contributed by atoms with Gasteiger partial charge in [-0.15, -0.1) is 0 Å². The van der Waals surface area contributed by atoms with Gasteiger partial charge in [-0.25, -0.2) is 9.29 Å². The van der Waals surface area contributed by atoms with E-state index in [1.165, 1.54) is 29.2 Å². The lowest BCUT2D eigenvalue weighted by atomic mass is 10.0. The number of nitrogens with zero attached hydrogens (tertiary/aromatic N) is 1. The van der Waals surface area contributed by atoms with Crippen LogP contribution in [0.15, 0.2) is 66.4 Å². The SMILES string of the molecule is Cc1ccc(N2C(=O)C(Nc3ccc(Cl)cc3C)=C(c3ccc(F)cc3)C2=O)c(C)c1. The summed E-state index contributed by atoms with van der Waals surface area (Å²) in [7, 11) is 0. The number of carbonyl (C=O) groups is 2. The molecule has 156 valence electrons. The van der Waals surface area contributed by atoms with Crippen LogP contribution in [0, 0.1) is 26.6 Å². The summed E-state index contributed by atoms with van der Waals surface area (Å²) in [5.41, 5.74) is 4.63. The van der Waals surface area contributed by atoms with Gasteiger partial charge in [0.2, 0.25) is 0 Å². The minimum Gasteiger partial charge on any atom is -0.350 e. The van der Waals surface area contributed by atoms with Crippen LogP contribution in [0.5, 0.6) is 0 Å². The monoisotopic (exact) mass is 434 g/mol. The van der Waals surface area contributed by atoms with E-state index in [4.69, 9.17) is 11.6 Å². The van der Waals surface area contributed by atoms with Crippen LogP contribution in [0.1, 0.15) is 22.3 Å². The third-order valence-electron chi connectivity index (χ3n) is 5.26. The minimum atomic E-state index is -0.467. The number of amides is 2. The van der Waals surface area contributed by atoms with Crippen molar-refractivity contribution in [3.8, 4) is 0 Å². The van der Waals surface area contributed by atoms with Gasteiger partial charge in [-0.1, -0.05) is 41.4 Å². The van der Waals surface area contributed by atoms with Gasteiger partial charge >= 0.3 is 0 Å². The minimum absolute atomic E-state index is 0.141. The summed E-state index contributed by atoms with van der Waals surface area (Å²) in [4.78, 5) is 28.1. The average Bonchev–Trinajstić information content (AvgIpc) is 2.95. The number of nitrogens with one attached hydrogen (secondary N) is 1. The van der Waals surface area contributed by atoms with Gasteiger partial charge in [-0.2, -0.15) is 0 Å². The Balaban J connectivity index is 1.85. The molecule has 0 fully saturated rings. The number of aryl methyl sites for hydroxylation is 3. The summed E-state index contributed by atoms with van der Waals surface area (Å²) in [5, 5.41) is 3.70. The summed E-state index contributed by atoms with van der Waals surface area (Å²) < 4.78 is 13.5. The molecule has 0 spiro atoms. The lowest BCUT2D eigenvalue weighted by molar-refractivity contribution is -0.120. The highest BCUT2D eigenvalue weighted by Gasteiger charge is 2.40. The molecule has 6 heteroatoms. The first kappa shape index (κ1) is 20.8. The molecule has 1 heterocycles. The van der Waals surface area contributed by atoms with Gasteiger partial charge in [-0.05, 0) is 73.9 Å². The molecule has 0 radical (unpaired) electrons. The molecule has 4 nitrogen and oxygen atoms in total. The lowest BCUT2D eigenvalue weighted by Crippen LogP contribution is -2.33. The van der Waals surface area contributed by atoms with E-state index in [2.05, 4.69) is 5.32 Å². The van der Waals surface area contributed by atoms with Crippen LogP contribution in [-0.2, 0) is 9.59 Å². The quantitative estimate of drug-likeness (QED) is 0.528. The van der Waals surface area contributed by atoms with Crippen molar-refractivity contribution in [2.24, 2.45) is 0 Å². The zero-order valence-corrected chi connectivity index (χ0v) is 18.0. The highest BCUT2D eigenvalue weighted by atomic mass is 35.5. The Labute approximate surface area is 185 Å². The maximum atomic E-state index is 13.5. The topological polar surface area (TPSA) is 49.4 Å². The first-order chi connectivity index (χ1) is 14.8. The average molecular weight is 435 g/mol. The lowest BCUT2D eigenvalue weighted by Gasteiger charge is -2.18. The van der Waals surface area contributed by atoms with Gasteiger partial charge in [0, 0.05) is 10.7 Å². The van der Waals surface area contributed by atoms with E-state index in [1.807, 2.05) is 32.9 Å². The number of imide groups is 1. The van der Waals surface area contributed by atoms with Crippen molar-refractivity contribution in [3.05, 3.63) is 99.5 Å². The molecule has 0 unspecified atom stereocenters. The molecule has 3 aromatic rings. The van der Waals surface area contributed by atoms with Crippen molar-refractivity contribution in [2.45, 2.75) is 20.8 Å². The molecule has 1 N–H and O–H groups in total. The van der Waals surface area contributed by atoms with Gasteiger partial charge in [0.25, 0.3) is 11.8 Å². The zero-order valence-electron chi connectivity index (χ0n) is 17.3. The molecule has 0 aromatic heterocycles. The van der Waals surface area contributed by atoms with Crippen LogP contribution in [0.3, 0.4) is 0 Å². The molecule has 2 amide bonds. The molecule has 0 bridgehead atoms. The fraction of sp³-hybridized carbons (Fsp3) is 0.120. The van der Waals surface area contributed by atoms with Gasteiger partial charge < -0.3 is 5.32 Å². The Hall–Kier alpha value is -3.44. The number of rotatable bonds is 4. The molecule has 0 saturated carbocycles. The van der Waals surface area contributed by atoms with Gasteiger partial charge in [0.1, 0.15) is 11.5 Å². The summed E-state index contributed by atoms with van der Waals surface area (Å²) in [6.45, 7) is 5.66. The zero-order chi connectivity index (χ0) is 22.3. The Morgan fingerprint density at radius 2 is 1.55 bits per heavy atom. The van der Waals surface area contributed by atoms with Crippen molar-refractivity contribution in [3.63, 3.8) is 0 Å². The van der Waals surface area contributed by atoms with Gasteiger partial charge in [0.05, 0.1) is 11.3 Å². The van der Waals surface area contributed by atoms with Crippen molar-refractivity contribution >= 4 is 40.4 Å². The van der Waals surface area contributed by atoms with Crippen LogP contribution in [0.25, 0.3) is 5.57 Å². The maximum absolute atomic E-state index is 13.5. The van der Waals surface area contributed by atoms with E-state index in [1.54, 1.807) is 24.3 Å². The van der Waals surface area contributed by atoms with Gasteiger partial charge in [0.15, 0.2) is 0 Å². The van der Waals surface area contributed by atoms with E-state index in [9.17, 15) is 14.0 Å². The fourth-order valence-corrected chi connectivity index (χ4v) is 3.93. The van der Waals surface area contributed by atoms with Gasteiger partial charge in [-0.3, -0.25) is 9.59 Å². The van der Waals surface area contributed by atoms with Crippen molar-refractivity contribution in [2.75, 3.05) is 10.2 Å². The molecular formula is C25H20ClFN2O2. The highest BCUT2D eigenvalue weighted by Crippen LogP contribution is 2.36. The first-order valence-electron chi connectivity index (χ1n) is 9.75. The summed E-state index contributed by atoms with van der Waals surface area (Å²) >= 11 is 6.05. The standard InChI is InChI=1S/C25H20ClFN2O2/c1-14-4-11-21(16(3)12-14)29-24(30)22(17-5-8-19(27)9-6-17)23(25(29)31)28-20-10-7-18(26)13-15(20)2/h4-13,28H,1-3H3. The molecule has 1 aliphatic heterocycles. The van der Waals surface area contributed by atoms with Crippen LogP contribution in [0.4, 0.5) is 15.8 Å². The Kier molecular flexibility index (Phi) is 5.38. The molecule has 0 atom stereocenters. The fourth-order valence-electron chi connectivity index (χ4n) is 3.71. The van der Waals surface area contributed by atoms with Crippen molar-refractivity contribution < 1.29 is 14.0 Å². The third-order valence-corrected chi connectivity index (χ3v) is 5.49. The number of hydrogen-bond donors (Lipinski definition) is 1. The van der Waals surface area contributed by atoms with Crippen LogP contribution in [0.2, 0.25) is 5.02 Å². The molecule has 1 aliphatic rings. The van der Waals surface area contributed by atoms with E-state index in [-0.39, 0.29) is 11.3 Å². The number of anilines is 2. The second-order valence-corrected chi connectivity index (χ2v) is 8.01. The predicted octanol–water partition coefficient (Wildman–Crippen LogP) is 5.80. The number of carbonyl (C=O) groups excluding carboxylic acids is 2. The predicted molar refractivity (Wildman–Crippen MR) is 122 cm³/mol. The molecule has 0 saturated heterocycles. The maximum Gasteiger partial charge on any atom is 0.282 e. The Bertz CT molecular complexity index is 1250. The van der Waals surface area contributed by atoms with Crippen LogP contribution < -0.4 is 10.2 Å². The van der Waals surface area contributed by atoms with Crippen molar-refractivity contribution in [1.82, 2.24) is 0 Å². The summed E-state index contributed by atoms with van der Waals surface area (Å²) in [5.74, 6) is -1.35. The van der Waals surface area contributed by atoms with Crippen LogP contribution >= 0.6 is 11.6 Å². The number of benzene rings is 3. The molecular weight excluding hydrogens is 415 g/mol. The van der Waals surface area contributed by atoms with E-state index >= 15 is 0 Å². The second-order valence-electron chi connectivity index (χ2n) is 7.58. The van der Waals surface area contributed by atoms with Crippen molar-refractivity contribution in [1.29, 1.82) is 0 Å². The molecule has 4 rings (SSSR count). The largest absolute Gasteiger partial charge is 0.350 e. The Morgan fingerprint density at radius 1 is 0.839 bits per heavy atom.